The standard InChI is InChI=1S/C15H23N3O/c1-2-5-13-6-3-4-11-18(13)14-9-7-12(8-10-14)15(16)17-19/h7-10,13,19H,2-6,11H2,1H3,(H2,16,17). The Bertz CT molecular complexity index is 426. The minimum atomic E-state index is 0.162. The number of amidine groups is 1. The number of oxime groups is 1. The molecule has 0 aromatic heterocycles. The smallest absolute Gasteiger partial charge is 0.170 e. The van der Waals surface area contributed by atoms with Gasteiger partial charge in [-0.1, -0.05) is 18.5 Å². The molecule has 1 aromatic rings. The second-order valence-corrected chi connectivity index (χ2v) is 5.16. The van der Waals surface area contributed by atoms with Gasteiger partial charge in [0.05, 0.1) is 0 Å². The van der Waals surface area contributed by atoms with E-state index in [9.17, 15) is 0 Å². The number of rotatable bonds is 4. The van der Waals surface area contributed by atoms with Crippen molar-refractivity contribution in [3.8, 4) is 0 Å². The number of hydrogen-bond donors (Lipinski definition) is 2. The molecule has 3 N–H and O–H groups in total. The van der Waals surface area contributed by atoms with Crippen molar-refractivity contribution in [2.75, 3.05) is 11.4 Å². The van der Waals surface area contributed by atoms with Crippen LogP contribution in [0.1, 0.15) is 44.6 Å². The zero-order chi connectivity index (χ0) is 13.7. The molecule has 0 aliphatic carbocycles. The summed E-state index contributed by atoms with van der Waals surface area (Å²) in [6.07, 6.45) is 6.37. The molecule has 1 aliphatic rings. The van der Waals surface area contributed by atoms with Crippen molar-refractivity contribution in [3.63, 3.8) is 0 Å². The highest BCUT2D eigenvalue weighted by atomic mass is 16.4. The van der Waals surface area contributed by atoms with E-state index in [1.807, 2.05) is 12.1 Å². The van der Waals surface area contributed by atoms with Crippen LogP contribution < -0.4 is 10.6 Å². The van der Waals surface area contributed by atoms with Crippen molar-refractivity contribution in [2.24, 2.45) is 10.9 Å². The predicted molar refractivity (Wildman–Crippen MR) is 78.8 cm³/mol. The topological polar surface area (TPSA) is 61.8 Å². The largest absolute Gasteiger partial charge is 0.409 e. The van der Waals surface area contributed by atoms with E-state index in [4.69, 9.17) is 10.9 Å². The summed E-state index contributed by atoms with van der Waals surface area (Å²) in [5.74, 6) is 0.162. The molecule has 1 aromatic carbocycles. The zero-order valence-electron chi connectivity index (χ0n) is 11.5. The summed E-state index contributed by atoms with van der Waals surface area (Å²) in [6, 6.07) is 8.64. The molecule has 1 saturated heterocycles. The van der Waals surface area contributed by atoms with Crippen molar-refractivity contribution in [1.29, 1.82) is 0 Å². The summed E-state index contributed by atoms with van der Waals surface area (Å²) in [5, 5.41) is 11.7. The predicted octanol–water partition coefficient (Wildman–Crippen LogP) is 2.94. The molecule has 0 amide bonds. The van der Waals surface area contributed by atoms with Gasteiger partial charge in [-0.2, -0.15) is 0 Å². The Morgan fingerprint density at radius 3 is 2.74 bits per heavy atom. The Morgan fingerprint density at radius 2 is 2.11 bits per heavy atom. The van der Waals surface area contributed by atoms with Gasteiger partial charge in [0.1, 0.15) is 0 Å². The highest BCUT2D eigenvalue weighted by Crippen LogP contribution is 2.27. The summed E-state index contributed by atoms with van der Waals surface area (Å²) in [5.41, 5.74) is 7.59. The number of hydrogen-bond acceptors (Lipinski definition) is 3. The molecule has 1 heterocycles. The fourth-order valence-corrected chi connectivity index (χ4v) is 2.86. The summed E-state index contributed by atoms with van der Waals surface area (Å²) in [6.45, 7) is 3.38. The van der Waals surface area contributed by atoms with E-state index in [1.165, 1.54) is 37.8 Å². The maximum atomic E-state index is 8.67. The molecule has 1 fully saturated rings. The van der Waals surface area contributed by atoms with Crippen LogP contribution >= 0.6 is 0 Å². The summed E-state index contributed by atoms with van der Waals surface area (Å²) < 4.78 is 0. The van der Waals surface area contributed by atoms with Gasteiger partial charge in [-0.05, 0) is 49.9 Å². The molecule has 0 spiro atoms. The van der Waals surface area contributed by atoms with Gasteiger partial charge >= 0.3 is 0 Å². The summed E-state index contributed by atoms with van der Waals surface area (Å²) >= 11 is 0. The highest BCUT2D eigenvalue weighted by Gasteiger charge is 2.21. The fraction of sp³-hybridized carbons (Fsp3) is 0.533. The molecule has 1 atom stereocenters. The first-order valence-corrected chi connectivity index (χ1v) is 7.11. The molecule has 1 aliphatic heterocycles. The number of nitrogens with zero attached hydrogens (tertiary/aromatic N) is 2. The van der Waals surface area contributed by atoms with Crippen LogP contribution in [0.5, 0.6) is 0 Å². The van der Waals surface area contributed by atoms with Crippen molar-refractivity contribution >= 4 is 11.5 Å². The summed E-state index contributed by atoms with van der Waals surface area (Å²) in [4.78, 5) is 2.50. The SMILES string of the molecule is CCCC1CCCCN1c1ccc(/C(N)=N/O)cc1. The molecule has 19 heavy (non-hydrogen) atoms. The monoisotopic (exact) mass is 261 g/mol. The normalized spacial score (nSPS) is 20.6. The summed E-state index contributed by atoms with van der Waals surface area (Å²) in [7, 11) is 0. The molecule has 104 valence electrons. The minimum absolute atomic E-state index is 0.162. The lowest BCUT2D eigenvalue weighted by molar-refractivity contribution is 0.318. The quantitative estimate of drug-likeness (QED) is 0.379. The molecular formula is C15H23N3O. The number of benzene rings is 1. The molecule has 0 radical (unpaired) electrons. The van der Waals surface area contributed by atoms with E-state index in [1.54, 1.807) is 0 Å². The van der Waals surface area contributed by atoms with Crippen LogP contribution in [0.4, 0.5) is 5.69 Å². The third-order valence-corrected chi connectivity index (χ3v) is 3.85. The van der Waals surface area contributed by atoms with Gasteiger partial charge < -0.3 is 15.8 Å². The average Bonchev–Trinajstić information content (AvgIpc) is 2.47. The molecule has 2 rings (SSSR count). The van der Waals surface area contributed by atoms with Crippen LogP contribution in [-0.4, -0.2) is 23.6 Å². The maximum absolute atomic E-state index is 8.67. The molecular weight excluding hydrogens is 238 g/mol. The van der Waals surface area contributed by atoms with Crippen LogP contribution in [0.3, 0.4) is 0 Å². The van der Waals surface area contributed by atoms with E-state index in [-0.39, 0.29) is 5.84 Å². The molecule has 1 unspecified atom stereocenters. The van der Waals surface area contributed by atoms with Gasteiger partial charge in [-0.15, -0.1) is 0 Å². The van der Waals surface area contributed by atoms with Crippen LogP contribution in [0, 0.1) is 0 Å². The van der Waals surface area contributed by atoms with E-state index >= 15 is 0 Å². The second kappa shape index (κ2) is 6.45. The third-order valence-electron chi connectivity index (χ3n) is 3.85. The van der Waals surface area contributed by atoms with Gasteiger partial charge in [0, 0.05) is 23.8 Å². The molecule has 0 bridgehead atoms. The van der Waals surface area contributed by atoms with Gasteiger partial charge in [-0.25, -0.2) is 0 Å². The van der Waals surface area contributed by atoms with Crippen molar-refractivity contribution in [1.82, 2.24) is 0 Å². The van der Waals surface area contributed by atoms with E-state index < -0.39 is 0 Å². The van der Waals surface area contributed by atoms with Crippen LogP contribution in [0.25, 0.3) is 0 Å². The van der Waals surface area contributed by atoms with Gasteiger partial charge in [0.15, 0.2) is 5.84 Å². The van der Waals surface area contributed by atoms with Gasteiger partial charge in [-0.3, -0.25) is 0 Å². The van der Waals surface area contributed by atoms with Crippen molar-refractivity contribution in [3.05, 3.63) is 29.8 Å². The fourth-order valence-electron chi connectivity index (χ4n) is 2.86. The van der Waals surface area contributed by atoms with E-state index in [2.05, 4.69) is 29.1 Å². The lowest BCUT2D eigenvalue weighted by Crippen LogP contribution is -2.39. The minimum Gasteiger partial charge on any atom is -0.409 e. The Hall–Kier alpha value is -1.71. The number of piperidine rings is 1. The number of nitrogens with two attached hydrogens (primary N) is 1. The lowest BCUT2D eigenvalue weighted by atomic mass is 9.97. The maximum Gasteiger partial charge on any atom is 0.170 e. The van der Waals surface area contributed by atoms with Crippen LogP contribution in [0.15, 0.2) is 29.4 Å². The van der Waals surface area contributed by atoms with E-state index in [0.29, 0.717) is 6.04 Å². The average molecular weight is 261 g/mol. The molecule has 0 saturated carbocycles. The highest BCUT2D eigenvalue weighted by molar-refractivity contribution is 5.97. The second-order valence-electron chi connectivity index (χ2n) is 5.16. The lowest BCUT2D eigenvalue weighted by Gasteiger charge is -2.37. The first-order valence-electron chi connectivity index (χ1n) is 7.11. The molecule has 4 heteroatoms. The Morgan fingerprint density at radius 1 is 1.37 bits per heavy atom. The van der Waals surface area contributed by atoms with Crippen molar-refractivity contribution in [2.45, 2.75) is 45.1 Å². The van der Waals surface area contributed by atoms with Gasteiger partial charge in [0.25, 0.3) is 0 Å². The Labute approximate surface area is 114 Å². The zero-order valence-corrected chi connectivity index (χ0v) is 11.5. The van der Waals surface area contributed by atoms with Crippen LogP contribution in [-0.2, 0) is 0 Å². The molecule has 4 nitrogen and oxygen atoms in total. The van der Waals surface area contributed by atoms with Gasteiger partial charge in [0.2, 0.25) is 0 Å². The Balaban J connectivity index is 2.15. The Kier molecular flexibility index (Phi) is 4.66. The first-order chi connectivity index (χ1) is 9.26. The van der Waals surface area contributed by atoms with Crippen LogP contribution in [0.2, 0.25) is 0 Å². The van der Waals surface area contributed by atoms with Crippen molar-refractivity contribution < 1.29 is 5.21 Å². The number of anilines is 1. The third kappa shape index (κ3) is 3.19. The first kappa shape index (κ1) is 13.7. The van der Waals surface area contributed by atoms with E-state index in [0.717, 1.165) is 12.1 Å².